The molecule has 0 N–H and O–H groups in total. The van der Waals surface area contributed by atoms with Gasteiger partial charge in [0.25, 0.3) is 0 Å². The van der Waals surface area contributed by atoms with E-state index in [4.69, 9.17) is 0 Å². The third-order valence-electron chi connectivity index (χ3n) is 6.43. The summed E-state index contributed by atoms with van der Waals surface area (Å²) in [4.78, 5) is 16.9. The van der Waals surface area contributed by atoms with E-state index >= 15 is 0 Å². The SMILES string of the molecule is CCc1ccc(N2C(=O)CN(CCC3=CCCCC3)C3CS(=O)(=O)CC32)cc1. The van der Waals surface area contributed by atoms with Crippen molar-refractivity contribution >= 4 is 21.4 Å². The highest BCUT2D eigenvalue weighted by atomic mass is 32.2. The van der Waals surface area contributed by atoms with Crippen LogP contribution in [0.5, 0.6) is 0 Å². The van der Waals surface area contributed by atoms with E-state index in [0.29, 0.717) is 6.54 Å². The van der Waals surface area contributed by atoms with Gasteiger partial charge in [-0.2, -0.15) is 0 Å². The zero-order valence-electron chi connectivity index (χ0n) is 16.6. The third kappa shape index (κ3) is 4.03. The van der Waals surface area contributed by atoms with Gasteiger partial charge in [-0.05, 0) is 56.2 Å². The summed E-state index contributed by atoms with van der Waals surface area (Å²) in [6, 6.07) is 7.60. The van der Waals surface area contributed by atoms with E-state index in [9.17, 15) is 13.2 Å². The Morgan fingerprint density at radius 3 is 2.50 bits per heavy atom. The van der Waals surface area contributed by atoms with Crippen LogP contribution >= 0.6 is 0 Å². The molecular formula is C22H30N2O3S. The summed E-state index contributed by atoms with van der Waals surface area (Å²) in [5, 5.41) is 0. The van der Waals surface area contributed by atoms with Gasteiger partial charge in [0.05, 0.1) is 24.1 Å². The van der Waals surface area contributed by atoms with Crippen LogP contribution in [-0.2, 0) is 21.1 Å². The fourth-order valence-electron chi connectivity index (χ4n) is 4.85. The lowest BCUT2D eigenvalue weighted by atomic mass is 9.96. The fourth-order valence-corrected chi connectivity index (χ4v) is 6.83. The van der Waals surface area contributed by atoms with Crippen molar-refractivity contribution in [2.45, 2.75) is 57.5 Å². The van der Waals surface area contributed by atoms with Crippen LogP contribution in [0.15, 0.2) is 35.9 Å². The van der Waals surface area contributed by atoms with Crippen molar-refractivity contribution < 1.29 is 13.2 Å². The molecule has 152 valence electrons. The predicted molar refractivity (Wildman–Crippen MR) is 112 cm³/mol. The second-order valence-corrected chi connectivity index (χ2v) is 10.5. The minimum absolute atomic E-state index is 0.0141. The number of sulfone groups is 1. The molecule has 2 heterocycles. The first kappa shape index (κ1) is 19.6. The predicted octanol–water partition coefficient (Wildman–Crippen LogP) is 2.95. The maximum atomic E-state index is 13.0. The van der Waals surface area contributed by atoms with Crippen LogP contribution in [0.4, 0.5) is 5.69 Å². The fraction of sp³-hybridized carbons (Fsp3) is 0.591. The standard InChI is InChI=1S/C22H30N2O3S/c1-2-17-8-10-19(11-9-17)24-21-16-28(26,27)15-20(21)23(14-22(24)25)13-12-18-6-4-3-5-7-18/h6,8-11,20-21H,2-5,7,12-16H2,1H3. The lowest BCUT2D eigenvalue weighted by Gasteiger charge is -2.43. The van der Waals surface area contributed by atoms with Gasteiger partial charge in [-0.25, -0.2) is 8.42 Å². The minimum Gasteiger partial charge on any atom is -0.306 e. The number of anilines is 1. The second-order valence-electron chi connectivity index (χ2n) is 8.32. The molecule has 2 aliphatic heterocycles. The lowest BCUT2D eigenvalue weighted by Crippen LogP contribution is -2.62. The summed E-state index contributed by atoms with van der Waals surface area (Å²) in [6.07, 6.45) is 9.02. The molecule has 2 fully saturated rings. The average molecular weight is 403 g/mol. The van der Waals surface area contributed by atoms with Gasteiger partial charge in [-0.15, -0.1) is 0 Å². The Balaban J connectivity index is 1.55. The molecule has 2 unspecified atom stereocenters. The van der Waals surface area contributed by atoms with Gasteiger partial charge in [-0.1, -0.05) is 30.7 Å². The lowest BCUT2D eigenvalue weighted by molar-refractivity contribution is -0.123. The molecule has 28 heavy (non-hydrogen) atoms. The third-order valence-corrected chi connectivity index (χ3v) is 8.13. The van der Waals surface area contributed by atoms with E-state index in [1.165, 1.54) is 24.0 Å². The number of aryl methyl sites for hydroxylation is 1. The van der Waals surface area contributed by atoms with Crippen molar-refractivity contribution in [1.29, 1.82) is 0 Å². The molecule has 0 radical (unpaired) electrons. The molecule has 0 spiro atoms. The number of allylic oxidation sites excluding steroid dienone is 1. The second kappa shape index (κ2) is 7.99. The number of carbonyl (C=O) groups is 1. The summed E-state index contributed by atoms with van der Waals surface area (Å²) in [5.74, 6) is 0.242. The summed E-state index contributed by atoms with van der Waals surface area (Å²) >= 11 is 0. The van der Waals surface area contributed by atoms with Crippen LogP contribution in [0.2, 0.25) is 0 Å². The summed E-state index contributed by atoms with van der Waals surface area (Å²) in [7, 11) is -3.13. The zero-order chi connectivity index (χ0) is 19.7. The number of nitrogens with zero attached hydrogens (tertiary/aromatic N) is 2. The van der Waals surface area contributed by atoms with E-state index in [2.05, 4.69) is 17.9 Å². The molecule has 3 aliphatic rings. The molecule has 1 aromatic carbocycles. The molecule has 1 aliphatic carbocycles. The van der Waals surface area contributed by atoms with E-state index in [0.717, 1.165) is 37.9 Å². The number of benzene rings is 1. The first-order chi connectivity index (χ1) is 13.5. The van der Waals surface area contributed by atoms with Gasteiger partial charge in [0, 0.05) is 18.3 Å². The number of amides is 1. The van der Waals surface area contributed by atoms with Crippen molar-refractivity contribution in [2.24, 2.45) is 0 Å². The first-order valence-electron chi connectivity index (χ1n) is 10.5. The van der Waals surface area contributed by atoms with E-state index in [1.54, 1.807) is 4.90 Å². The Labute approximate surface area is 168 Å². The normalized spacial score (nSPS) is 27.5. The van der Waals surface area contributed by atoms with Crippen LogP contribution in [0.25, 0.3) is 0 Å². The molecule has 0 aromatic heterocycles. The van der Waals surface area contributed by atoms with E-state index < -0.39 is 9.84 Å². The van der Waals surface area contributed by atoms with Crippen LogP contribution in [-0.4, -0.2) is 55.9 Å². The monoisotopic (exact) mass is 402 g/mol. The summed E-state index contributed by atoms with van der Waals surface area (Å²) < 4.78 is 24.9. The smallest absolute Gasteiger partial charge is 0.241 e. The highest BCUT2D eigenvalue weighted by Crippen LogP contribution is 2.32. The molecule has 5 nitrogen and oxygen atoms in total. The number of fused-ring (bicyclic) bond motifs is 1. The van der Waals surface area contributed by atoms with Gasteiger partial charge in [0.15, 0.2) is 9.84 Å². The van der Waals surface area contributed by atoms with Crippen LogP contribution in [0.3, 0.4) is 0 Å². The molecule has 4 rings (SSSR count). The van der Waals surface area contributed by atoms with Crippen molar-refractivity contribution in [3.63, 3.8) is 0 Å². The van der Waals surface area contributed by atoms with Gasteiger partial charge in [0.2, 0.25) is 5.91 Å². The van der Waals surface area contributed by atoms with Crippen molar-refractivity contribution in [3.05, 3.63) is 41.5 Å². The van der Waals surface area contributed by atoms with Crippen molar-refractivity contribution in [2.75, 3.05) is 29.5 Å². The molecule has 1 aromatic rings. The highest BCUT2D eigenvalue weighted by molar-refractivity contribution is 7.91. The molecule has 0 bridgehead atoms. The van der Waals surface area contributed by atoms with Crippen molar-refractivity contribution in [1.82, 2.24) is 4.90 Å². The van der Waals surface area contributed by atoms with E-state index in [-0.39, 0.29) is 29.5 Å². The Hall–Kier alpha value is -1.66. The number of carbonyl (C=O) groups excluding carboxylic acids is 1. The molecule has 1 amide bonds. The van der Waals surface area contributed by atoms with Crippen LogP contribution < -0.4 is 4.90 Å². The number of rotatable bonds is 5. The quantitative estimate of drug-likeness (QED) is 0.711. The molecule has 2 saturated heterocycles. The largest absolute Gasteiger partial charge is 0.306 e. The van der Waals surface area contributed by atoms with Gasteiger partial charge >= 0.3 is 0 Å². The molecule has 2 atom stereocenters. The Morgan fingerprint density at radius 1 is 1.07 bits per heavy atom. The molecular weight excluding hydrogens is 372 g/mol. The molecule has 6 heteroatoms. The number of piperazine rings is 1. The number of hydrogen-bond donors (Lipinski definition) is 0. The van der Waals surface area contributed by atoms with Gasteiger partial charge in [0.1, 0.15) is 0 Å². The number of hydrogen-bond acceptors (Lipinski definition) is 4. The highest BCUT2D eigenvalue weighted by Gasteiger charge is 2.49. The van der Waals surface area contributed by atoms with Gasteiger partial charge in [-0.3, -0.25) is 9.69 Å². The Kier molecular flexibility index (Phi) is 5.61. The first-order valence-corrected chi connectivity index (χ1v) is 12.3. The maximum absolute atomic E-state index is 13.0. The minimum atomic E-state index is -3.13. The molecule has 0 saturated carbocycles. The van der Waals surface area contributed by atoms with E-state index in [1.807, 2.05) is 24.3 Å². The van der Waals surface area contributed by atoms with Gasteiger partial charge < -0.3 is 4.90 Å². The average Bonchev–Trinajstić information content (AvgIpc) is 3.02. The van der Waals surface area contributed by atoms with Crippen LogP contribution in [0.1, 0.15) is 44.6 Å². The zero-order valence-corrected chi connectivity index (χ0v) is 17.5. The summed E-state index contributed by atoms with van der Waals surface area (Å²) in [5.41, 5.74) is 3.50. The van der Waals surface area contributed by atoms with Crippen LogP contribution in [0, 0.1) is 0 Å². The summed E-state index contributed by atoms with van der Waals surface area (Å²) in [6.45, 7) is 3.18. The topological polar surface area (TPSA) is 57.7 Å². The van der Waals surface area contributed by atoms with Crippen molar-refractivity contribution in [3.8, 4) is 0 Å². The Morgan fingerprint density at radius 2 is 1.82 bits per heavy atom. The maximum Gasteiger partial charge on any atom is 0.241 e. The Bertz CT molecular complexity index is 860.